The van der Waals surface area contributed by atoms with Crippen molar-refractivity contribution in [2.75, 3.05) is 0 Å². The molecular formula is C61H48N4S. The molecule has 4 nitrogen and oxygen atoms in total. The maximum Gasteiger partial charge on any atom is 0.164 e. The summed E-state index contributed by atoms with van der Waals surface area (Å²) in [5, 5.41) is 5.19. The van der Waals surface area contributed by atoms with Crippen LogP contribution in [0.2, 0.25) is 0 Å². The van der Waals surface area contributed by atoms with Crippen LogP contribution in [0.1, 0.15) is 56.9 Å². The lowest BCUT2D eigenvalue weighted by Gasteiger charge is -2.33. The topological polar surface area (TPSA) is 43.6 Å². The highest BCUT2D eigenvalue weighted by molar-refractivity contribution is 7.26. The van der Waals surface area contributed by atoms with Crippen molar-refractivity contribution in [1.82, 2.24) is 19.5 Å². The molecule has 0 unspecified atom stereocenters. The third-order valence-electron chi connectivity index (χ3n) is 14.9. The van der Waals surface area contributed by atoms with E-state index in [1.165, 1.54) is 110 Å². The van der Waals surface area contributed by atoms with Gasteiger partial charge in [-0.2, -0.15) is 0 Å². The van der Waals surface area contributed by atoms with Gasteiger partial charge < -0.3 is 4.57 Å². The average molecular weight is 869 g/mol. The van der Waals surface area contributed by atoms with Crippen LogP contribution >= 0.6 is 11.3 Å². The summed E-state index contributed by atoms with van der Waals surface area (Å²) in [4.78, 5) is 15.8. The summed E-state index contributed by atoms with van der Waals surface area (Å²) >= 11 is 1.85. The van der Waals surface area contributed by atoms with Crippen molar-refractivity contribution in [3.05, 3.63) is 194 Å². The van der Waals surface area contributed by atoms with Gasteiger partial charge in [0.25, 0.3) is 0 Å². The number of para-hydroxylation sites is 1. The molecular weight excluding hydrogens is 821 g/mol. The summed E-state index contributed by atoms with van der Waals surface area (Å²) in [5.74, 6) is 2.84. The Morgan fingerprint density at radius 3 is 1.85 bits per heavy atom. The number of nitrogens with zero attached hydrogens (tertiary/aromatic N) is 4. The van der Waals surface area contributed by atoms with Gasteiger partial charge in [-0.1, -0.05) is 177 Å². The molecule has 5 heteroatoms. The second-order valence-corrected chi connectivity index (χ2v) is 19.7. The van der Waals surface area contributed by atoms with Gasteiger partial charge in [-0.25, -0.2) is 15.0 Å². The standard InChI is InChI=1S/C61H48N4S/c1-3-17-41(18-4-1)47-31-29-45(38-55(47)65-53-27-9-7-23-49(53)52-39-46(30-32-54(52)65)61-34-13-15-40(33-36-61)16-14-35-61)60-63-58(42-19-5-2-6-20-42)62-59(64-60)44-22-11-21-43(37-44)48-25-12-26-51-50-24-8-10-28-56(50)66-57(48)51/h1-12,17-32,37-40H,13-16,33-36H2. The van der Waals surface area contributed by atoms with E-state index >= 15 is 0 Å². The van der Waals surface area contributed by atoms with Gasteiger partial charge in [0.15, 0.2) is 17.5 Å². The van der Waals surface area contributed by atoms with E-state index in [1.54, 1.807) is 0 Å². The van der Waals surface area contributed by atoms with Crippen molar-refractivity contribution in [3.8, 4) is 62.1 Å². The Balaban J connectivity index is 0.991. The molecule has 0 atom stereocenters. The maximum absolute atomic E-state index is 5.35. The van der Waals surface area contributed by atoms with Crippen molar-refractivity contribution in [2.24, 2.45) is 5.92 Å². The summed E-state index contributed by atoms with van der Waals surface area (Å²) in [5.41, 5.74) is 12.8. The second kappa shape index (κ2) is 16.0. The zero-order chi connectivity index (χ0) is 43.6. The van der Waals surface area contributed by atoms with Crippen LogP contribution in [0.15, 0.2) is 188 Å². The molecule has 2 fully saturated rings. The van der Waals surface area contributed by atoms with Gasteiger partial charge in [0, 0.05) is 53.2 Å². The van der Waals surface area contributed by atoms with E-state index in [9.17, 15) is 0 Å². The zero-order valence-corrected chi connectivity index (χ0v) is 37.6. The molecule has 0 amide bonds. The van der Waals surface area contributed by atoms with Gasteiger partial charge in [-0.05, 0) is 95.7 Å². The van der Waals surface area contributed by atoms with Crippen molar-refractivity contribution < 1.29 is 0 Å². The molecule has 2 saturated carbocycles. The van der Waals surface area contributed by atoms with Crippen molar-refractivity contribution >= 4 is 53.3 Å². The molecule has 11 aromatic rings. The quantitative estimate of drug-likeness (QED) is 0.160. The largest absolute Gasteiger partial charge is 0.309 e. The molecule has 0 aliphatic heterocycles. The van der Waals surface area contributed by atoms with E-state index in [0.29, 0.717) is 17.5 Å². The number of fused-ring (bicyclic) bond motifs is 9. The van der Waals surface area contributed by atoms with E-state index in [4.69, 9.17) is 15.0 Å². The number of rotatable bonds is 7. The number of benzene rings is 8. The number of hydrogen-bond donors (Lipinski definition) is 0. The Morgan fingerprint density at radius 2 is 1.05 bits per heavy atom. The fourth-order valence-electron chi connectivity index (χ4n) is 11.6. The average Bonchev–Trinajstić information content (AvgIpc) is 3.74. The normalized spacial score (nSPS) is 17.4. The summed E-state index contributed by atoms with van der Waals surface area (Å²) < 4.78 is 5.08. The van der Waals surface area contributed by atoms with Crippen LogP contribution in [0.25, 0.3) is 104 Å². The van der Waals surface area contributed by atoms with Gasteiger partial charge in [0.05, 0.1) is 16.7 Å². The molecule has 66 heavy (non-hydrogen) atoms. The van der Waals surface area contributed by atoms with Gasteiger partial charge >= 0.3 is 0 Å². The molecule has 13 rings (SSSR count). The monoisotopic (exact) mass is 868 g/mol. The van der Waals surface area contributed by atoms with Crippen molar-refractivity contribution in [3.63, 3.8) is 0 Å². The first-order chi connectivity index (χ1) is 32.7. The molecule has 3 heterocycles. The Hall–Kier alpha value is -7.21. The molecule has 0 saturated heterocycles. The summed E-state index contributed by atoms with van der Waals surface area (Å²) in [6.45, 7) is 0. The first kappa shape index (κ1) is 39.2. The van der Waals surface area contributed by atoms with Crippen LogP contribution in [0.4, 0.5) is 0 Å². The first-order valence-electron chi connectivity index (χ1n) is 23.7. The van der Waals surface area contributed by atoms with Crippen molar-refractivity contribution in [2.45, 2.75) is 56.8 Å². The van der Waals surface area contributed by atoms with Crippen LogP contribution in [-0.4, -0.2) is 19.5 Å². The minimum atomic E-state index is 0.274. The lowest BCUT2D eigenvalue weighted by Crippen LogP contribution is -2.25. The van der Waals surface area contributed by atoms with E-state index in [0.717, 1.165) is 39.4 Å². The first-order valence-corrected chi connectivity index (χ1v) is 24.5. The Bertz CT molecular complexity index is 3610. The van der Waals surface area contributed by atoms with Crippen LogP contribution < -0.4 is 0 Å². The fraction of sp³-hybridized carbons (Fsp3) is 0.164. The van der Waals surface area contributed by atoms with Crippen molar-refractivity contribution in [1.29, 1.82) is 0 Å². The highest BCUT2D eigenvalue weighted by Gasteiger charge is 2.37. The molecule has 3 aromatic heterocycles. The van der Waals surface area contributed by atoms with Gasteiger partial charge in [0.2, 0.25) is 0 Å². The lowest BCUT2D eigenvalue weighted by atomic mass is 9.71. The van der Waals surface area contributed by atoms with E-state index in [-0.39, 0.29) is 5.41 Å². The third-order valence-corrected chi connectivity index (χ3v) is 16.2. The summed E-state index contributed by atoms with van der Waals surface area (Å²) in [6.07, 6.45) is 10.8. The minimum absolute atomic E-state index is 0.274. The van der Waals surface area contributed by atoms with Crippen LogP contribution in [0, 0.1) is 5.92 Å². The molecule has 8 aromatic carbocycles. The second-order valence-electron chi connectivity index (χ2n) is 18.7. The predicted molar refractivity (Wildman–Crippen MR) is 276 cm³/mol. The number of thiophene rings is 1. The Kier molecular flexibility index (Phi) is 9.52. The molecule has 0 radical (unpaired) electrons. The van der Waals surface area contributed by atoms with Gasteiger partial charge in [0.1, 0.15) is 0 Å². The smallest absolute Gasteiger partial charge is 0.164 e. The summed E-state index contributed by atoms with van der Waals surface area (Å²) in [6, 6.07) is 68.4. The molecule has 318 valence electrons. The fourth-order valence-corrected chi connectivity index (χ4v) is 12.8. The van der Waals surface area contributed by atoms with Crippen LogP contribution in [0.5, 0.6) is 0 Å². The van der Waals surface area contributed by atoms with Crippen LogP contribution in [0.3, 0.4) is 0 Å². The Morgan fingerprint density at radius 1 is 0.424 bits per heavy atom. The third kappa shape index (κ3) is 6.67. The number of aromatic nitrogens is 4. The SMILES string of the molecule is c1ccc(-c2nc(-c3cccc(-c4cccc5c4sc4ccccc45)c3)nc(-c3ccc(-c4ccccc4)c(-n4c5ccccc5c5cc(C67CCCC(CCC6)CC7)ccc54)c3)n2)cc1. The van der Waals surface area contributed by atoms with E-state index < -0.39 is 0 Å². The maximum atomic E-state index is 5.35. The lowest BCUT2D eigenvalue weighted by molar-refractivity contribution is 0.336. The number of hydrogen-bond acceptors (Lipinski definition) is 4. The molecule has 0 N–H and O–H groups in total. The molecule has 2 bridgehead atoms. The minimum Gasteiger partial charge on any atom is -0.309 e. The molecule has 0 spiro atoms. The van der Waals surface area contributed by atoms with E-state index in [1.807, 2.05) is 29.5 Å². The molecule has 2 aliphatic rings. The highest BCUT2D eigenvalue weighted by Crippen LogP contribution is 2.49. The zero-order valence-electron chi connectivity index (χ0n) is 36.8. The highest BCUT2D eigenvalue weighted by atomic mass is 32.1. The summed E-state index contributed by atoms with van der Waals surface area (Å²) in [7, 11) is 0. The van der Waals surface area contributed by atoms with Gasteiger partial charge in [-0.15, -0.1) is 11.3 Å². The molecule has 2 aliphatic carbocycles. The predicted octanol–water partition coefficient (Wildman–Crippen LogP) is 16.7. The Labute approximate surface area is 389 Å². The van der Waals surface area contributed by atoms with Gasteiger partial charge in [-0.3, -0.25) is 0 Å². The van der Waals surface area contributed by atoms with Crippen LogP contribution in [-0.2, 0) is 5.41 Å². The van der Waals surface area contributed by atoms with E-state index in [2.05, 4.69) is 174 Å².